The third-order valence-electron chi connectivity index (χ3n) is 8.22. The monoisotopic (exact) mass is 549 g/mol. The van der Waals surface area contributed by atoms with Crippen LogP contribution < -0.4 is 4.90 Å². The van der Waals surface area contributed by atoms with Gasteiger partial charge in [-0.15, -0.1) is 0 Å². The van der Waals surface area contributed by atoms with Gasteiger partial charge in [0.2, 0.25) is 5.91 Å². The van der Waals surface area contributed by atoms with Gasteiger partial charge in [0.25, 0.3) is 0 Å². The van der Waals surface area contributed by atoms with Crippen molar-refractivity contribution in [2.24, 2.45) is 17.8 Å². The number of anilines is 1. The summed E-state index contributed by atoms with van der Waals surface area (Å²) in [6.45, 7) is 11.1. The first-order valence-electron chi connectivity index (χ1n) is 14.2. The van der Waals surface area contributed by atoms with Crippen LogP contribution in [0.5, 0.6) is 0 Å². The van der Waals surface area contributed by atoms with Crippen molar-refractivity contribution < 1.29 is 14.6 Å². The lowest BCUT2D eigenvalue weighted by atomic mass is 9.78. The third kappa shape index (κ3) is 7.67. The molecule has 4 rings (SSSR count). The van der Waals surface area contributed by atoms with Crippen molar-refractivity contribution in [1.29, 1.82) is 0 Å². The quantitative estimate of drug-likeness (QED) is 0.263. The fourth-order valence-electron chi connectivity index (χ4n) is 5.82. The molecule has 2 saturated carbocycles. The first-order valence-corrected chi connectivity index (χ1v) is 15.0. The highest BCUT2D eigenvalue weighted by Crippen LogP contribution is 2.36. The van der Waals surface area contributed by atoms with E-state index in [1.54, 1.807) is 7.11 Å². The SMILES string of the molecule is C=C(/C=C\C(OC)=C(C)C)[C@H]1CC[C@H](CN(c2cccc(-c3nc(C)ns3)c2)C(=O)[C@H]2CC[C@H](O)CC2)CC1. The van der Waals surface area contributed by atoms with E-state index in [0.29, 0.717) is 24.7 Å². The predicted octanol–water partition coefficient (Wildman–Crippen LogP) is 7.26. The molecule has 39 heavy (non-hydrogen) atoms. The molecule has 0 bridgehead atoms. The van der Waals surface area contributed by atoms with Crippen LogP contribution in [0.2, 0.25) is 0 Å². The lowest BCUT2D eigenvalue weighted by molar-refractivity contribution is -0.124. The molecule has 0 atom stereocenters. The summed E-state index contributed by atoms with van der Waals surface area (Å²) in [5, 5.41) is 10.9. The zero-order valence-corrected chi connectivity index (χ0v) is 24.7. The predicted molar refractivity (Wildman–Crippen MR) is 160 cm³/mol. The van der Waals surface area contributed by atoms with Gasteiger partial charge in [-0.2, -0.15) is 4.37 Å². The van der Waals surface area contributed by atoms with Crippen molar-refractivity contribution in [2.75, 3.05) is 18.6 Å². The minimum absolute atomic E-state index is 0.0351. The van der Waals surface area contributed by atoms with Crippen LogP contribution in [0.15, 0.2) is 59.9 Å². The number of allylic oxidation sites excluding steroid dienone is 4. The van der Waals surface area contributed by atoms with Crippen molar-refractivity contribution in [1.82, 2.24) is 9.36 Å². The van der Waals surface area contributed by atoms with Crippen molar-refractivity contribution in [2.45, 2.75) is 78.2 Å². The summed E-state index contributed by atoms with van der Waals surface area (Å²) >= 11 is 1.39. The van der Waals surface area contributed by atoms with Crippen molar-refractivity contribution in [3.63, 3.8) is 0 Å². The molecular weight excluding hydrogens is 506 g/mol. The van der Waals surface area contributed by atoms with E-state index in [0.717, 1.165) is 84.1 Å². The Morgan fingerprint density at radius 1 is 1.10 bits per heavy atom. The van der Waals surface area contributed by atoms with Crippen LogP contribution in [0.25, 0.3) is 10.6 Å². The lowest BCUT2D eigenvalue weighted by Gasteiger charge is -2.36. The molecule has 2 aromatic rings. The molecule has 0 spiro atoms. The molecule has 1 aromatic carbocycles. The Morgan fingerprint density at radius 2 is 1.79 bits per heavy atom. The van der Waals surface area contributed by atoms with Crippen LogP contribution in [0.3, 0.4) is 0 Å². The Morgan fingerprint density at radius 3 is 2.41 bits per heavy atom. The van der Waals surface area contributed by atoms with Gasteiger partial charge in [-0.3, -0.25) is 4.79 Å². The molecule has 1 N–H and O–H groups in total. The molecule has 1 heterocycles. The summed E-state index contributed by atoms with van der Waals surface area (Å²) in [6.07, 6.45) is 11.0. The maximum Gasteiger partial charge on any atom is 0.230 e. The average Bonchev–Trinajstić information content (AvgIpc) is 3.38. The Hall–Kier alpha value is -2.77. The highest BCUT2D eigenvalue weighted by molar-refractivity contribution is 7.09. The van der Waals surface area contributed by atoms with Crippen LogP contribution in [-0.2, 0) is 9.53 Å². The van der Waals surface area contributed by atoms with E-state index in [4.69, 9.17) is 4.74 Å². The Bertz CT molecular complexity index is 1200. The molecule has 0 aliphatic heterocycles. The number of benzene rings is 1. The highest BCUT2D eigenvalue weighted by atomic mass is 32.1. The minimum Gasteiger partial charge on any atom is -0.497 e. The Balaban J connectivity index is 1.47. The highest BCUT2D eigenvalue weighted by Gasteiger charge is 2.32. The molecule has 210 valence electrons. The second-order valence-electron chi connectivity index (χ2n) is 11.3. The van der Waals surface area contributed by atoms with Gasteiger partial charge in [0, 0.05) is 23.7 Å². The number of nitrogens with zero attached hydrogens (tertiary/aromatic N) is 3. The van der Waals surface area contributed by atoms with Gasteiger partial charge < -0.3 is 14.7 Å². The largest absolute Gasteiger partial charge is 0.497 e. The van der Waals surface area contributed by atoms with E-state index in [1.807, 2.05) is 49.9 Å². The van der Waals surface area contributed by atoms with Gasteiger partial charge in [-0.25, -0.2) is 4.98 Å². The minimum atomic E-state index is -0.277. The van der Waals surface area contributed by atoms with Gasteiger partial charge in [-0.05, 0) is 119 Å². The Labute approximate surface area is 237 Å². The number of methoxy groups -OCH3 is 1. The molecule has 2 fully saturated rings. The lowest BCUT2D eigenvalue weighted by Crippen LogP contribution is -2.42. The Kier molecular flexibility index (Phi) is 10.1. The maximum atomic E-state index is 13.9. The standard InChI is InChI=1S/C32H43N3O3S/c1-21(2)30(38-5)18-9-22(3)25-12-10-24(11-13-25)20-35(32(37)26-14-16-29(36)17-15-26)28-8-6-7-27(19-28)31-33-23(4)34-39-31/h6-9,18-19,24-26,29,36H,3,10-17,20H2,1-2,4-5H3/b18-9-/t24-,25-,26-,29-. The van der Waals surface area contributed by atoms with E-state index >= 15 is 0 Å². The van der Waals surface area contributed by atoms with E-state index < -0.39 is 0 Å². The third-order valence-corrected chi connectivity index (χ3v) is 9.07. The number of carbonyl (C=O) groups excluding carboxylic acids is 1. The molecule has 0 unspecified atom stereocenters. The first kappa shape index (κ1) is 29.2. The normalized spacial score (nSPS) is 23.4. The molecule has 1 amide bonds. The van der Waals surface area contributed by atoms with Gasteiger partial charge in [0.1, 0.15) is 16.6 Å². The zero-order chi connectivity index (χ0) is 27.9. The summed E-state index contributed by atoms with van der Waals surface area (Å²) in [6, 6.07) is 8.18. The summed E-state index contributed by atoms with van der Waals surface area (Å²) < 4.78 is 9.80. The zero-order valence-electron chi connectivity index (χ0n) is 23.9. The van der Waals surface area contributed by atoms with Crippen LogP contribution in [0.1, 0.15) is 71.0 Å². The second kappa shape index (κ2) is 13.5. The van der Waals surface area contributed by atoms with E-state index in [2.05, 4.69) is 28.1 Å². The van der Waals surface area contributed by atoms with E-state index in [-0.39, 0.29) is 17.9 Å². The van der Waals surface area contributed by atoms with Gasteiger partial charge >= 0.3 is 0 Å². The average molecular weight is 550 g/mol. The number of rotatable bonds is 9. The van der Waals surface area contributed by atoms with E-state index in [1.165, 1.54) is 11.5 Å². The summed E-state index contributed by atoms with van der Waals surface area (Å²) in [5.41, 5.74) is 4.22. The first-order chi connectivity index (χ1) is 18.7. The summed E-state index contributed by atoms with van der Waals surface area (Å²) in [5.74, 6) is 2.71. The number of aliphatic hydroxyl groups is 1. The number of amides is 1. The molecule has 0 radical (unpaired) electrons. The van der Waals surface area contributed by atoms with Gasteiger partial charge in [0.05, 0.1) is 13.2 Å². The van der Waals surface area contributed by atoms with Crippen LogP contribution in [0, 0.1) is 24.7 Å². The molecular formula is C32H43N3O3S. The number of carbonyl (C=O) groups is 1. The fourth-order valence-corrected chi connectivity index (χ4v) is 6.48. The van der Waals surface area contributed by atoms with E-state index in [9.17, 15) is 9.90 Å². The molecule has 1 aromatic heterocycles. The number of hydrogen-bond acceptors (Lipinski definition) is 6. The maximum absolute atomic E-state index is 13.9. The van der Waals surface area contributed by atoms with Crippen LogP contribution >= 0.6 is 11.5 Å². The number of aliphatic hydroxyl groups excluding tert-OH is 1. The molecule has 0 saturated heterocycles. The molecule has 2 aliphatic carbocycles. The number of ether oxygens (including phenoxy) is 1. The van der Waals surface area contributed by atoms with Crippen molar-refractivity contribution in [3.8, 4) is 10.6 Å². The smallest absolute Gasteiger partial charge is 0.230 e. The number of aromatic nitrogens is 2. The summed E-state index contributed by atoms with van der Waals surface area (Å²) in [4.78, 5) is 20.5. The summed E-state index contributed by atoms with van der Waals surface area (Å²) in [7, 11) is 1.70. The molecule has 7 heteroatoms. The molecule has 6 nitrogen and oxygen atoms in total. The molecule has 2 aliphatic rings. The van der Waals surface area contributed by atoms with Crippen molar-refractivity contribution >= 4 is 23.1 Å². The van der Waals surface area contributed by atoms with Crippen molar-refractivity contribution in [3.05, 3.63) is 65.7 Å². The second-order valence-corrected chi connectivity index (χ2v) is 12.1. The number of aryl methyl sites for hydroxylation is 1. The topological polar surface area (TPSA) is 75.5 Å². The number of hydrogen-bond donors (Lipinski definition) is 1. The van der Waals surface area contributed by atoms with Crippen LogP contribution in [-0.4, -0.2) is 40.1 Å². The fraction of sp³-hybridized carbons (Fsp3) is 0.531. The van der Waals surface area contributed by atoms with Gasteiger partial charge in [-0.1, -0.05) is 30.4 Å². The van der Waals surface area contributed by atoms with Crippen LogP contribution in [0.4, 0.5) is 5.69 Å². The van der Waals surface area contributed by atoms with Gasteiger partial charge in [0.15, 0.2) is 0 Å².